The van der Waals surface area contributed by atoms with E-state index in [9.17, 15) is 0 Å². The molecule has 0 bridgehead atoms. The zero-order valence-electron chi connectivity index (χ0n) is 7.93. The normalized spacial score (nSPS) is 25.7. The number of halogens is 1. The maximum Gasteiger partial charge on any atom is 0.169 e. The largest absolute Gasteiger partial charge is 0.452 e. The van der Waals surface area contributed by atoms with Crippen LogP contribution in [0.25, 0.3) is 0 Å². The SMILES string of the molecule is CC1(C)CCc2cc(Br)oc2C1N. The third kappa shape index (κ3) is 1.44. The summed E-state index contributed by atoms with van der Waals surface area (Å²) < 4.78 is 6.34. The van der Waals surface area contributed by atoms with E-state index >= 15 is 0 Å². The molecule has 2 N–H and O–H groups in total. The molecule has 2 rings (SSSR count). The fourth-order valence-electron chi connectivity index (χ4n) is 1.83. The Balaban J connectivity index is 2.44. The van der Waals surface area contributed by atoms with Crippen LogP contribution in [0.2, 0.25) is 0 Å². The van der Waals surface area contributed by atoms with Crippen molar-refractivity contribution in [2.24, 2.45) is 11.1 Å². The molecular formula is C10H14BrNO. The molecule has 0 spiro atoms. The number of hydrogen-bond donors (Lipinski definition) is 1. The van der Waals surface area contributed by atoms with Crippen molar-refractivity contribution in [2.45, 2.75) is 32.7 Å². The second kappa shape index (κ2) is 2.85. The van der Waals surface area contributed by atoms with Crippen LogP contribution in [0.15, 0.2) is 15.2 Å². The molecule has 0 saturated carbocycles. The highest BCUT2D eigenvalue weighted by Gasteiger charge is 2.36. The van der Waals surface area contributed by atoms with E-state index in [0.717, 1.165) is 23.3 Å². The monoisotopic (exact) mass is 243 g/mol. The molecule has 3 heteroatoms. The molecule has 13 heavy (non-hydrogen) atoms. The first-order valence-electron chi connectivity index (χ1n) is 4.54. The molecule has 1 aliphatic carbocycles. The smallest absolute Gasteiger partial charge is 0.169 e. The second-order valence-corrected chi connectivity index (χ2v) is 5.19. The van der Waals surface area contributed by atoms with Gasteiger partial charge in [-0.3, -0.25) is 0 Å². The number of aryl methyl sites for hydroxylation is 1. The van der Waals surface area contributed by atoms with E-state index in [1.54, 1.807) is 0 Å². The Morgan fingerprint density at radius 1 is 1.62 bits per heavy atom. The number of furan rings is 1. The van der Waals surface area contributed by atoms with Crippen molar-refractivity contribution in [1.82, 2.24) is 0 Å². The van der Waals surface area contributed by atoms with Gasteiger partial charge in [-0.05, 0) is 45.8 Å². The Labute approximate surface area is 86.6 Å². The van der Waals surface area contributed by atoms with E-state index in [4.69, 9.17) is 10.2 Å². The van der Waals surface area contributed by atoms with Gasteiger partial charge in [0, 0.05) is 0 Å². The number of hydrogen-bond acceptors (Lipinski definition) is 2. The highest BCUT2D eigenvalue weighted by Crippen LogP contribution is 2.43. The molecule has 1 aromatic rings. The van der Waals surface area contributed by atoms with Crippen LogP contribution in [0.3, 0.4) is 0 Å². The van der Waals surface area contributed by atoms with Gasteiger partial charge in [0.2, 0.25) is 0 Å². The van der Waals surface area contributed by atoms with Crippen molar-refractivity contribution in [3.05, 3.63) is 22.1 Å². The van der Waals surface area contributed by atoms with Crippen LogP contribution >= 0.6 is 15.9 Å². The van der Waals surface area contributed by atoms with Crippen LogP contribution in [0.4, 0.5) is 0 Å². The van der Waals surface area contributed by atoms with Crippen LogP contribution in [0.1, 0.15) is 37.6 Å². The predicted molar refractivity (Wildman–Crippen MR) is 55.4 cm³/mol. The number of fused-ring (bicyclic) bond motifs is 1. The lowest BCUT2D eigenvalue weighted by atomic mass is 9.74. The second-order valence-electron chi connectivity index (χ2n) is 4.41. The summed E-state index contributed by atoms with van der Waals surface area (Å²) in [6.45, 7) is 4.38. The zero-order chi connectivity index (χ0) is 9.64. The standard InChI is InChI=1S/C10H14BrNO/c1-10(2)4-3-6-5-7(11)13-8(6)9(10)12/h5,9H,3-4,12H2,1-2H3. The van der Waals surface area contributed by atoms with Crippen molar-refractivity contribution in [2.75, 3.05) is 0 Å². The van der Waals surface area contributed by atoms with Gasteiger partial charge in [0.1, 0.15) is 5.76 Å². The molecular weight excluding hydrogens is 230 g/mol. The molecule has 0 saturated heterocycles. The summed E-state index contributed by atoms with van der Waals surface area (Å²) >= 11 is 3.34. The van der Waals surface area contributed by atoms with E-state index in [1.165, 1.54) is 5.56 Å². The fraction of sp³-hybridized carbons (Fsp3) is 0.600. The molecule has 2 nitrogen and oxygen atoms in total. The van der Waals surface area contributed by atoms with Crippen LogP contribution in [-0.4, -0.2) is 0 Å². The van der Waals surface area contributed by atoms with Gasteiger partial charge in [-0.25, -0.2) is 0 Å². The molecule has 0 fully saturated rings. The molecule has 1 atom stereocenters. The van der Waals surface area contributed by atoms with E-state index in [-0.39, 0.29) is 11.5 Å². The zero-order valence-corrected chi connectivity index (χ0v) is 9.52. The van der Waals surface area contributed by atoms with Gasteiger partial charge < -0.3 is 10.2 Å². The molecule has 0 radical (unpaired) electrons. The van der Waals surface area contributed by atoms with Crippen LogP contribution in [-0.2, 0) is 6.42 Å². The fourth-order valence-corrected chi connectivity index (χ4v) is 2.28. The number of rotatable bonds is 0. The minimum absolute atomic E-state index is 0.0301. The lowest BCUT2D eigenvalue weighted by molar-refractivity contribution is 0.217. The quantitative estimate of drug-likeness (QED) is 0.761. The summed E-state index contributed by atoms with van der Waals surface area (Å²) in [5, 5.41) is 0. The van der Waals surface area contributed by atoms with Gasteiger partial charge in [-0.15, -0.1) is 0 Å². The van der Waals surface area contributed by atoms with Crippen LogP contribution in [0.5, 0.6) is 0 Å². The van der Waals surface area contributed by atoms with E-state index in [0.29, 0.717) is 0 Å². The van der Waals surface area contributed by atoms with Crippen molar-refractivity contribution in [3.63, 3.8) is 0 Å². The van der Waals surface area contributed by atoms with Gasteiger partial charge in [0.15, 0.2) is 4.67 Å². The highest BCUT2D eigenvalue weighted by molar-refractivity contribution is 9.10. The Hall–Kier alpha value is -0.280. The predicted octanol–water partition coefficient (Wildman–Crippen LogP) is 3.01. The molecule has 1 aromatic heterocycles. The molecule has 0 amide bonds. The molecule has 0 aromatic carbocycles. The summed E-state index contributed by atoms with van der Waals surface area (Å²) in [5.74, 6) is 0.961. The average molecular weight is 244 g/mol. The lowest BCUT2D eigenvalue weighted by Crippen LogP contribution is -2.33. The van der Waals surface area contributed by atoms with Gasteiger partial charge in [-0.1, -0.05) is 13.8 Å². The van der Waals surface area contributed by atoms with Crippen molar-refractivity contribution in [3.8, 4) is 0 Å². The van der Waals surface area contributed by atoms with Crippen molar-refractivity contribution < 1.29 is 4.42 Å². The van der Waals surface area contributed by atoms with Crippen molar-refractivity contribution >= 4 is 15.9 Å². The Bertz CT molecular complexity index is 330. The summed E-state index contributed by atoms with van der Waals surface area (Å²) in [7, 11) is 0. The molecule has 1 unspecified atom stereocenters. The first-order valence-corrected chi connectivity index (χ1v) is 5.34. The minimum Gasteiger partial charge on any atom is -0.452 e. The Kier molecular flexibility index (Phi) is 2.04. The lowest BCUT2D eigenvalue weighted by Gasteiger charge is -2.34. The number of nitrogens with two attached hydrogens (primary N) is 1. The van der Waals surface area contributed by atoms with E-state index < -0.39 is 0 Å². The molecule has 1 aliphatic rings. The van der Waals surface area contributed by atoms with Crippen molar-refractivity contribution in [1.29, 1.82) is 0 Å². The first-order chi connectivity index (χ1) is 6.00. The van der Waals surface area contributed by atoms with Crippen LogP contribution in [0, 0.1) is 5.41 Å². The maximum atomic E-state index is 6.12. The van der Waals surface area contributed by atoms with Gasteiger partial charge in [-0.2, -0.15) is 0 Å². The van der Waals surface area contributed by atoms with E-state index in [2.05, 4.69) is 29.8 Å². The minimum atomic E-state index is 0.0301. The Morgan fingerprint density at radius 2 is 2.31 bits per heavy atom. The van der Waals surface area contributed by atoms with Crippen LogP contribution < -0.4 is 5.73 Å². The third-order valence-corrected chi connectivity index (χ3v) is 3.37. The molecule has 72 valence electrons. The summed E-state index contributed by atoms with van der Waals surface area (Å²) in [6.07, 6.45) is 2.21. The molecule has 1 heterocycles. The summed E-state index contributed by atoms with van der Waals surface area (Å²) in [5.41, 5.74) is 7.54. The molecule has 0 aliphatic heterocycles. The highest BCUT2D eigenvalue weighted by atomic mass is 79.9. The summed E-state index contributed by atoms with van der Waals surface area (Å²) in [4.78, 5) is 0. The average Bonchev–Trinajstić information content (AvgIpc) is 2.40. The first kappa shape index (κ1) is 9.28. The summed E-state index contributed by atoms with van der Waals surface area (Å²) in [6, 6.07) is 2.06. The Morgan fingerprint density at radius 3 is 3.00 bits per heavy atom. The topological polar surface area (TPSA) is 39.2 Å². The van der Waals surface area contributed by atoms with E-state index in [1.807, 2.05) is 6.07 Å². The third-order valence-electron chi connectivity index (χ3n) is 2.97. The maximum absolute atomic E-state index is 6.12. The van der Waals surface area contributed by atoms with Gasteiger partial charge in [0.25, 0.3) is 0 Å². The van der Waals surface area contributed by atoms with Gasteiger partial charge in [0.05, 0.1) is 6.04 Å². The van der Waals surface area contributed by atoms with Gasteiger partial charge >= 0.3 is 0 Å².